The number of ketones is 1. The first-order valence-corrected chi connectivity index (χ1v) is 10.8. The van der Waals surface area contributed by atoms with Gasteiger partial charge in [0.1, 0.15) is 22.8 Å². The summed E-state index contributed by atoms with van der Waals surface area (Å²) in [5, 5.41) is 0. The fourth-order valence-corrected chi connectivity index (χ4v) is 4.47. The predicted molar refractivity (Wildman–Crippen MR) is 117 cm³/mol. The topological polar surface area (TPSA) is 65.1 Å². The van der Waals surface area contributed by atoms with E-state index in [1.165, 1.54) is 0 Å². The molecule has 6 heteroatoms. The van der Waals surface area contributed by atoms with Crippen molar-refractivity contribution in [3.05, 3.63) is 53.1 Å². The van der Waals surface area contributed by atoms with Crippen LogP contribution in [0.5, 0.6) is 17.2 Å². The maximum atomic E-state index is 12.7. The second-order valence-electron chi connectivity index (χ2n) is 8.49. The van der Waals surface area contributed by atoms with Gasteiger partial charge in [-0.1, -0.05) is 18.2 Å². The summed E-state index contributed by atoms with van der Waals surface area (Å²) in [7, 11) is 1.57. The van der Waals surface area contributed by atoms with Crippen molar-refractivity contribution < 1.29 is 23.8 Å². The Bertz CT molecular complexity index is 981. The van der Waals surface area contributed by atoms with Crippen molar-refractivity contribution in [2.45, 2.75) is 45.1 Å². The molecule has 0 radical (unpaired) electrons. The molecule has 2 aliphatic rings. The summed E-state index contributed by atoms with van der Waals surface area (Å²) in [5.74, 6) is 2.24. The molecule has 1 amide bonds. The molecule has 0 bridgehead atoms. The second kappa shape index (κ2) is 8.61. The van der Waals surface area contributed by atoms with Crippen LogP contribution in [-0.2, 0) is 4.79 Å². The van der Waals surface area contributed by atoms with Crippen LogP contribution < -0.4 is 14.2 Å². The molecule has 2 aromatic carbocycles. The standard InChI is InChI=1S/C25H29NO5/c1-17-6-4-7-18(2)24(17)30-13-5-8-23(28)26-12-11-25(16-26)15-21(27)20-14-19(29-3)9-10-22(20)31-25/h4,6-7,9-10,14H,5,8,11-13,15-16H2,1-3H3. The molecule has 4 rings (SSSR count). The number of hydrogen-bond acceptors (Lipinski definition) is 5. The van der Waals surface area contributed by atoms with Gasteiger partial charge >= 0.3 is 0 Å². The number of carbonyl (C=O) groups is 2. The van der Waals surface area contributed by atoms with Crippen LogP contribution >= 0.6 is 0 Å². The average Bonchev–Trinajstić information content (AvgIpc) is 3.15. The largest absolute Gasteiger partial charge is 0.497 e. The smallest absolute Gasteiger partial charge is 0.222 e. The Labute approximate surface area is 183 Å². The Morgan fingerprint density at radius 2 is 1.97 bits per heavy atom. The van der Waals surface area contributed by atoms with E-state index in [-0.39, 0.29) is 18.1 Å². The molecular weight excluding hydrogens is 394 g/mol. The van der Waals surface area contributed by atoms with Crippen LogP contribution in [0.15, 0.2) is 36.4 Å². The minimum Gasteiger partial charge on any atom is -0.497 e. The Morgan fingerprint density at radius 1 is 1.19 bits per heavy atom. The van der Waals surface area contributed by atoms with Gasteiger partial charge in [0, 0.05) is 19.4 Å². The van der Waals surface area contributed by atoms with Crippen LogP contribution in [0.25, 0.3) is 0 Å². The molecule has 0 aromatic heterocycles. The number of ether oxygens (including phenoxy) is 3. The molecule has 1 fully saturated rings. The van der Waals surface area contributed by atoms with Gasteiger partial charge in [-0.3, -0.25) is 9.59 Å². The van der Waals surface area contributed by atoms with Gasteiger partial charge in [0.25, 0.3) is 0 Å². The van der Waals surface area contributed by atoms with Gasteiger partial charge in [-0.05, 0) is 49.6 Å². The SMILES string of the molecule is COc1ccc2c(c1)C(=O)CC1(CCN(C(=O)CCCOc3c(C)cccc3C)C1)O2. The van der Waals surface area contributed by atoms with Gasteiger partial charge in [0.2, 0.25) is 5.91 Å². The molecule has 1 spiro atoms. The number of likely N-dealkylation sites (tertiary alicyclic amines) is 1. The number of fused-ring (bicyclic) bond motifs is 1. The summed E-state index contributed by atoms with van der Waals surface area (Å²) in [6, 6.07) is 11.4. The number of nitrogens with zero attached hydrogens (tertiary/aromatic N) is 1. The summed E-state index contributed by atoms with van der Waals surface area (Å²) in [4.78, 5) is 27.3. The maximum Gasteiger partial charge on any atom is 0.222 e. The van der Waals surface area contributed by atoms with E-state index in [2.05, 4.69) is 0 Å². The molecule has 1 atom stereocenters. The lowest BCUT2D eigenvalue weighted by atomic mass is 9.89. The Balaban J connectivity index is 1.31. The van der Waals surface area contributed by atoms with E-state index in [4.69, 9.17) is 14.2 Å². The summed E-state index contributed by atoms with van der Waals surface area (Å²) in [5.41, 5.74) is 2.14. The molecule has 0 N–H and O–H groups in total. The van der Waals surface area contributed by atoms with Gasteiger partial charge in [-0.2, -0.15) is 0 Å². The van der Waals surface area contributed by atoms with E-state index in [1.807, 2.05) is 36.9 Å². The van der Waals surface area contributed by atoms with Crippen molar-refractivity contribution in [3.63, 3.8) is 0 Å². The molecule has 1 saturated heterocycles. The van der Waals surface area contributed by atoms with Crippen molar-refractivity contribution in [2.75, 3.05) is 26.8 Å². The van der Waals surface area contributed by atoms with Crippen molar-refractivity contribution in [2.24, 2.45) is 0 Å². The third-order valence-electron chi connectivity index (χ3n) is 6.16. The number of carbonyl (C=O) groups excluding carboxylic acids is 2. The van der Waals surface area contributed by atoms with E-state index in [9.17, 15) is 9.59 Å². The van der Waals surface area contributed by atoms with Crippen molar-refractivity contribution in [1.29, 1.82) is 0 Å². The highest BCUT2D eigenvalue weighted by Gasteiger charge is 2.46. The molecule has 2 heterocycles. The minimum atomic E-state index is -0.622. The lowest BCUT2D eigenvalue weighted by Crippen LogP contribution is -2.45. The first-order valence-electron chi connectivity index (χ1n) is 10.8. The Hall–Kier alpha value is -3.02. The van der Waals surface area contributed by atoms with Crippen molar-refractivity contribution in [1.82, 2.24) is 4.90 Å². The number of rotatable bonds is 6. The van der Waals surface area contributed by atoms with Gasteiger partial charge in [-0.25, -0.2) is 0 Å². The molecule has 0 saturated carbocycles. The zero-order valence-electron chi connectivity index (χ0n) is 18.4. The monoisotopic (exact) mass is 423 g/mol. The molecule has 0 aliphatic carbocycles. The molecule has 164 valence electrons. The molecule has 1 unspecified atom stereocenters. The van der Waals surface area contributed by atoms with E-state index < -0.39 is 5.60 Å². The number of para-hydroxylation sites is 1. The van der Waals surface area contributed by atoms with Gasteiger partial charge in [0.05, 0.1) is 32.2 Å². The van der Waals surface area contributed by atoms with E-state index >= 15 is 0 Å². The minimum absolute atomic E-state index is 0.0384. The highest BCUT2D eigenvalue weighted by Crippen LogP contribution is 2.40. The van der Waals surface area contributed by atoms with Gasteiger partial charge in [-0.15, -0.1) is 0 Å². The zero-order valence-corrected chi connectivity index (χ0v) is 18.4. The first-order chi connectivity index (χ1) is 14.9. The zero-order chi connectivity index (χ0) is 22.0. The first kappa shape index (κ1) is 21.2. The maximum absolute atomic E-state index is 12.7. The predicted octanol–water partition coefficient (Wildman–Crippen LogP) is 4.11. The normalized spacial score (nSPS) is 19.8. The lowest BCUT2D eigenvalue weighted by molar-refractivity contribution is -0.131. The highest BCUT2D eigenvalue weighted by atomic mass is 16.5. The Kier molecular flexibility index (Phi) is 5.90. The third-order valence-corrected chi connectivity index (χ3v) is 6.16. The quantitative estimate of drug-likeness (QED) is 0.655. The molecule has 31 heavy (non-hydrogen) atoms. The van der Waals surface area contributed by atoms with Crippen LogP contribution in [0.3, 0.4) is 0 Å². The number of benzene rings is 2. The molecular formula is C25H29NO5. The number of Topliss-reactive ketones (excluding diaryl/α,β-unsaturated/α-hetero) is 1. The number of amides is 1. The van der Waals surface area contributed by atoms with Crippen LogP contribution in [0, 0.1) is 13.8 Å². The summed E-state index contributed by atoms with van der Waals surface area (Å²) in [6.45, 7) is 5.60. The fourth-order valence-electron chi connectivity index (χ4n) is 4.47. The van der Waals surface area contributed by atoms with Crippen molar-refractivity contribution in [3.8, 4) is 17.2 Å². The van der Waals surface area contributed by atoms with E-state index in [0.29, 0.717) is 56.0 Å². The third kappa shape index (κ3) is 4.38. The summed E-state index contributed by atoms with van der Waals surface area (Å²) in [6.07, 6.45) is 2.02. The van der Waals surface area contributed by atoms with Gasteiger partial charge in [0.15, 0.2) is 5.78 Å². The van der Waals surface area contributed by atoms with E-state index in [0.717, 1.165) is 16.9 Å². The molecule has 6 nitrogen and oxygen atoms in total. The second-order valence-corrected chi connectivity index (χ2v) is 8.49. The summed E-state index contributed by atoms with van der Waals surface area (Å²) >= 11 is 0. The van der Waals surface area contributed by atoms with Crippen LogP contribution in [-0.4, -0.2) is 49.0 Å². The van der Waals surface area contributed by atoms with Crippen LogP contribution in [0.2, 0.25) is 0 Å². The number of methoxy groups -OCH3 is 1. The fraction of sp³-hybridized carbons (Fsp3) is 0.440. The average molecular weight is 424 g/mol. The Morgan fingerprint density at radius 3 is 2.71 bits per heavy atom. The molecule has 2 aromatic rings. The van der Waals surface area contributed by atoms with Gasteiger partial charge < -0.3 is 19.1 Å². The highest BCUT2D eigenvalue weighted by molar-refractivity contribution is 6.01. The van der Waals surface area contributed by atoms with Crippen LogP contribution in [0.4, 0.5) is 0 Å². The number of aryl methyl sites for hydroxylation is 2. The molecule has 2 aliphatic heterocycles. The lowest BCUT2D eigenvalue weighted by Gasteiger charge is -2.34. The van der Waals surface area contributed by atoms with Crippen molar-refractivity contribution >= 4 is 11.7 Å². The van der Waals surface area contributed by atoms with Crippen LogP contribution in [0.1, 0.15) is 47.2 Å². The number of hydrogen-bond donors (Lipinski definition) is 0. The van der Waals surface area contributed by atoms with E-state index in [1.54, 1.807) is 25.3 Å². The summed E-state index contributed by atoms with van der Waals surface area (Å²) < 4.78 is 17.4.